The van der Waals surface area contributed by atoms with Gasteiger partial charge in [0, 0.05) is 24.0 Å². The van der Waals surface area contributed by atoms with Crippen LogP contribution in [-0.2, 0) is 6.42 Å². The van der Waals surface area contributed by atoms with Gasteiger partial charge in [-0.25, -0.2) is 4.98 Å². The van der Waals surface area contributed by atoms with E-state index in [9.17, 15) is 0 Å². The van der Waals surface area contributed by atoms with Crippen molar-refractivity contribution in [3.05, 3.63) is 5.82 Å². The minimum Gasteiger partial charge on any atom is -0.358 e. The molecular formula is C13H23N3S. The molecule has 1 atom stereocenters. The molecule has 1 N–H and O–H groups in total. The standard InChI is InChI=1S/C13H23N3S/c1-4-6-11-15-12(17-16-11)14-10-7-5-8-13(2,3)9-10/h10H,4-9H2,1-3H3,(H,14,15,16). The van der Waals surface area contributed by atoms with E-state index in [0.29, 0.717) is 11.5 Å². The minimum absolute atomic E-state index is 0.479. The van der Waals surface area contributed by atoms with Crippen LogP contribution in [0.5, 0.6) is 0 Å². The van der Waals surface area contributed by atoms with Gasteiger partial charge in [0.1, 0.15) is 5.82 Å². The van der Waals surface area contributed by atoms with Crippen LogP contribution in [-0.4, -0.2) is 15.4 Å². The van der Waals surface area contributed by atoms with E-state index in [1.165, 1.54) is 37.2 Å². The Hall–Kier alpha value is -0.640. The number of nitrogens with zero attached hydrogens (tertiary/aromatic N) is 2. The minimum atomic E-state index is 0.479. The molecule has 1 aliphatic carbocycles. The maximum absolute atomic E-state index is 4.54. The van der Waals surface area contributed by atoms with Gasteiger partial charge in [0.15, 0.2) is 0 Å². The maximum atomic E-state index is 4.54. The van der Waals surface area contributed by atoms with E-state index in [4.69, 9.17) is 0 Å². The van der Waals surface area contributed by atoms with Gasteiger partial charge in [0.05, 0.1) is 0 Å². The second kappa shape index (κ2) is 5.34. The highest BCUT2D eigenvalue weighted by Gasteiger charge is 2.28. The zero-order valence-corrected chi connectivity index (χ0v) is 11.9. The molecule has 3 nitrogen and oxygen atoms in total. The van der Waals surface area contributed by atoms with E-state index in [0.717, 1.165) is 23.8 Å². The molecule has 2 rings (SSSR count). The van der Waals surface area contributed by atoms with E-state index in [1.807, 2.05) is 0 Å². The van der Waals surface area contributed by atoms with Gasteiger partial charge in [0.2, 0.25) is 5.13 Å². The van der Waals surface area contributed by atoms with Crippen molar-refractivity contribution in [1.82, 2.24) is 9.36 Å². The summed E-state index contributed by atoms with van der Waals surface area (Å²) < 4.78 is 4.38. The highest BCUT2D eigenvalue weighted by Crippen LogP contribution is 2.36. The number of hydrogen-bond acceptors (Lipinski definition) is 4. The van der Waals surface area contributed by atoms with Crippen LogP contribution in [0.2, 0.25) is 0 Å². The molecule has 1 aliphatic rings. The molecule has 1 unspecified atom stereocenters. The third-order valence-corrected chi connectivity index (χ3v) is 4.16. The van der Waals surface area contributed by atoms with Crippen molar-refractivity contribution in [1.29, 1.82) is 0 Å². The summed E-state index contributed by atoms with van der Waals surface area (Å²) in [7, 11) is 0. The van der Waals surface area contributed by atoms with Gasteiger partial charge >= 0.3 is 0 Å². The van der Waals surface area contributed by atoms with Gasteiger partial charge in [-0.05, 0) is 31.1 Å². The predicted octanol–water partition coefficient (Wildman–Crippen LogP) is 3.87. The molecule has 4 heteroatoms. The van der Waals surface area contributed by atoms with Crippen molar-refractivity contribution in [2.24, 2.45) is 5.41 Å². The first kappa shape index (κ1) is 12.8. The Balaban J connectivity index is 1.91. The Labute approximate surface area is 108 Å². The van der Waals surface area contributed by atoms with Crippen molar-refractivity contribution in [3.8, 4) is 0 Å². The molecule has 1 aromatic heterocycles. The molecule has 1 aromatic rings. The van der Waals surface area contributed by atoms with Crippen molar-refractivity contribution >= 4 is 16.7 Å². The molecule has 0 aliphatic heterocycles. The van der Waals surface area contributed by atoms with E-state index in [2.05, 4.69) is 35.4 Å². The second-order valence-corrected chi connectivity index (χ2v) is 6.62. The maximum Gasteiger partial charge on any atom is 0.202 e. The summed E-state index contributed by atoms with van der Waals surface area (Å²) in [5.74, 6) is 0.995. The normalized spacial score (nSPS) is 23.6. The molecule has 0 amide bonds. The molecule has 0 aromatic carbocycles. The van der Waals surface area contributed by atoms with Gasteiger partial charge in [-0.2, -0.15) is 4.37 Å². The van der Waals surface area contributed by atoms with Crippen molar-refractivity contribution in [2.75, 3.05) is 5.32 Å². The molecule has 96 valence electrons. The lowest BCUT2D eigenvalue weighted by Gasteiger charge is -2.35. The Morgan fingerprint density at radius 1 is 1.47 bits per heavy atom. The summed E-state index contributed by atoms with van der Waals surface area (Å²) in [5, 5.41) is 4.57. The number of nitrogens with one attached hydrogen (secondary N) is 1. The van der Waals surface area contributed by atoms with E-state index < -0.39 is 0 Å². The fraction of sp³-hybridized carbons (Fsp3) is 0.846. The van der Waals surface area contributed by atoms with Crippen molar-refractivity contribution in [2.45, 2.75) is 65.3 Å². The largest absolute Gasteiger partial charge is 0.358 e. The fourth-order valence-corrected chi connectivity index (χ4v) is 3.32. The van der Waals surface area contributed by atoms with Gasteiger partial charge in [-0.3, -0.25) is 0 Å². The van der Waals surface area contributed by atoms with Crippen molar-refractivity contribution < 1.29 is 0 Å². The predicted molar refractivity (Wildman–Crippen MR) is 73.6 cm³/mol. The number of aryl methyl sites for hydroxylation is 1. The van der Waals surface area contributed by atoms with Crippen LogP contribution < -0.4 is 5.32 Å². The average Bonchev–Trinajstić information content (AvgIpc) is 2.64. The third kappa shape index (κ3) is 3.66. The number of hydrogen-bond donors (Lipinski definition) is 1. The summed E-state index contributed by atoms with van der Waals surface area (Å²) in [5.41, 5.74) is 0.479. The summed E-state index contributed by atoms with van der Waals surface area (Å²) in [6.07, 6.45) is 7.30. The monoisotopic (exact) mass is 253 g/mol. The average molecular weight is 253 g/mol. The SMILES string of the molecule is CCCc1nsc(NC2CCCC(C)(C)C2)n1. The lowest BCUT2D eigenvalue weighted by molar-refractivity contribution is 0.229. The van der Waals surface area contributed by atoms with Crippen LogP contribution in [0.1, 0.15) is 58.7 Å². The first-order chi connectivity index (χ1) is 8.09. The Morgan fingerprint density at radius 2 is 2.29 bits per heavy atom. The third-order valence-electron chi connectivity index (χ3n) is 3.47. The summed E-state index contributed by atoms with van der Waals surface area (Å²) in [6.45, 7) is 6.89. The first-order valence-electron chi connectivity index (χ1n) is 6.68. The van der Waals surface area contributed by atoms with Gasteiger partial charge < -0.3 is 5.32 Å². The van der Waals surface area contributed by atoms with Crippen LogP contribution in [0.3, 0.4) is 0 Å². The summed E-state index contributed by atoms with van der Waals surface area (Å²) in [6, 6.07) is 0.584. The summed E-state index contributed by atoms with van der Waals surface area (Å²) >= 11 is 1.51. The van der Waals surface area contributed by atoms with Crippen LogP contribution >= 0.6 is 11.5 Å². The van der Waals surface area contributed by atoms with Crippen LogP contribution in [0.4, 0.5) is 5.13 Å². The molecular weight excluding hydrogens is 230 g/mol. The fourth-order valence-electron chi connectivity index (χ4n) is 2.63. The van der Waals surface area contributed by atoms with Crippen LogP contribution in [0.25, 0.3) is 0 Å². The molecule has 17 heavy (non-hydrogen) atoms. The van der Waals surface area contributed by atoms with Gasteiger partial charge in [-0.15, -0.1) is 0 Å². The zero-order valence-electron chi connectivity index (χ0n) is 11.1. The molecule has 0 radical (unpaired) electrons. The lowest BCUT2D eigenvalue weighted by atomic mass is 9.75. The quantitative estimate of drug-likeness (QED) is 0.885. The number of rotatable bonds is 4. The number of aromatic nitrogens is 2. The second-order valence-electron chi connectivity index (χ2n) is 5.87. The molecule has 1 saturated carbocycles. The Kier molecular flexibility index (Phi) is 4.02. The van der Waals surface area contributed by atoms with Crippen LogP contribution in [0.15, 0.2) is 0 Å². The molecule has 1 fully saturated rings. The molecule has 0 saturated heterocycles. The van der Waals surface area contributed by atoms with Crippen molar-refractivity contribution in [3.63, 3.8) is 0 Å². The van der Waals surface area contributed by atoms with E-state index >= 15 is 0 Å². The number of anilines is 1. The molecule has 0 bridgehead atoms. The lowest BCUT2D eigenvalue weighted by Crippen LogP contribution is -2.31. The van der Waals surface area contributed by atoms with Gasteiger partial charge in [0.25, 0.3) is 0 Å². The zero-order chi connectivity index (χ0) is 12.3. The first-order valence-corrected chi connectivity index (χ1v) is 7.45. The highest BCUT2D eigenvalue weighted by atomic mass is 32.1. The van der Waals surface area contributed by atoms with E-state index in [-0.39, 0.29) is 0 Å². The molecule has 1 heterocycles. The highest BCUT2D eigenvalue weighted by molar-refractivity contribution is 7.09. The topological polar surface area (TPSA) is 37.8 Å². The van der Waals surface area contributed by atoms with Crippen LogP contribution in [0, 0.1) is 5.41 Å². The van der Waals surface area contributed by atoms with E-state index in [1.54, 1.807) is 0 Å². The smallest absolute Gasteiger partial charge is 0.202 e. The van der Waals surface area contributed by atoms with Gasteiger partial charge in [-0.1, -0.05) is 27.2 Å². The molecule has 0 spiro atoms. The summed E-state index contributed by atoms with van der Waals surface area (Å²) in [4.78, 5) is 4.54. The Bertz CT molecular complexity index is 359. The Morgan fingerprint density at radius 3 is 3.00 bits per heavy atom.